The van der Waals surface area contributed by atoms with Gasteiger partial charge in [-0.1, -0.05) is 91.1 Å². The standard InChI is InChI=1S/C27H26N6S3/c1-17-12-13-20-21(14-17)36-24-22(20)23-28-30-26(34-15-18-8-4-2-5-9-18)32(23)25-29-31-27(33(24)25)35-16-19-10-6-3-7-11-19/h2-11,17,23,28H,12-16H2,1H3/t17-,23?/m0/s1. The minimum Gasteiger partial charge on any atom is -0.280 e. The number of nitrogens with zero attached hydrogens (tertiary/aromatic N) is 5. The molecular formula is C27H26N6S3. The lowest BCUT2D eigenvalue weighted by molar-refractivity contribution is 0.498. The Morgan fingerprint density at radius 3 is 2.44 bits per heavy atom. The third-order valence-corrected chi connectivity index (χ3v) is 10.3. The summed E-state index contributed by atoms with van der Waals surface area (Å²) in [5.74, 6) is 3.31. The van der Waals surface area contributed by atoms with Crippen molar-refractivity contribution >= 4 is 46.0 Å². The maximum Gasteiger partial charge on any atom is 0.241 e. The van der Waals surface area contributed by atoms with Gasteiger partial charge in [-0.3, -0.25) is 10.3 Å². The average Bonchev–Trinajstić information content (AvgIpc) is 3.61. The maximum absolute atomic E-state index is 4.81. The number of hydrogen-bond acceptors (Lipinski definition) is 8. The van der Waals surface area contributed by atoms with Crippen LogP contribution in [0.25, 0.3) is 5.00 Å². The van der Waals surface area contributed by atoms with E-state index >= 15 is 0 Å². The van der Waals surface area contributed by atoms with E-state index in [4.69, 9.17) is 15.3 Å². The molecule has 2 aromatic heterocycles. The van der Waals surface area contributed by atoms with Gasteiger partial charge < -0.3 is 0 Å². The molecule has 4 aromatic rings. The van der Waals surface area contributed by atoms with Gasteiger partial charge in [-0.2, -0.15) is 5.10 Å². The molecule has 182 valence electrons. The minimum absolute atomic E-state index is 0.0182. The van der Waals surface area contributed by atoms with Gasteiger partial charge in [-0.15, -0.1) is 21.5 Å². The van der Waals surface area contributed by atoms with Crippen molar-refractivity contribution < 1.29 is 0 Å². The van der Waals surface area contributed by atoms with Crippen LogP contribution >= 0.6 is 34.9 Å². The third kappa shape index (κ3) is 3.84. The van der Waals surface area contributed by atoms with Crippen LogP contribution in [0.2, 0.25) is 0 Å². The molecule has 2 aromatic carbocycles. The summed E-state index contributed by atoms with van der Waals surface area (Å²) in [4.78, 5) is 3.78. The second-order valence-electron chi connectivity index (χ2n) is 9.53. The highest BCUT2D eigenvalue weighted by Crippen LogP contribution is 2.50. The highest BCUT2D eigenvalue weighted by Gasteiger charge is 2.44. The van der Waals surface area contributed by atoms with Gasteiger partial charge >= 0.3 is 0 Å². The van der Waals surface area contributed by atoms with E-state index < -0.39 is 0 Å². The van der Waals surface area contributed by atoms with E-state index in [9.17, 15) is 0 Å². The molecule has 6 nitrogen and oxygen atoms in total. The second kappa shape index (κ2) is 9.28. The normalized spacial score (nSPS) is 19.7. The molecule has 0 radical (unpaired) electrons. The molecule has 7 rings (SSSR count). The number of amidine groups is 1. The second-order valence-corrected chi connectivity index (χ2v) is 12.5. The van der Waals surface area contributed by atoms with Crippen molar-refractivity contribution in [2.75, 3.05) is 4.90 Å². The van der Waals surface area contributed by atoms with Crippen LogP contribution in [-0.4, -0.2) is 19.9 Å². The molecule has 3 aliphatic rings. The van der Waals surface area contributed by atoms with Crippen molar-refractivity contribution in [3.63, 3.8) is 0 Å². The first kappa shape index (κ1) is 22.4. The minimum atomic E-state index is -0.0182. The summed E-state index contributed by atoms with van der Waals surface area (Å²) >= 11 is 5.43. The molecule has 1 aliphatic carbocycles. The lowest BCUT2D eigenvalue weighted by Gasteiger charge is -2.32. The summed E-state index contributed by atoms with van der Waals surface area (Å²) in [6.07, 6.45) is 3.50. The number of anilines is 1. The van der Waals surface area contributed by atoms with Crippen LogP contribution in [0.1, 0.15) is 46.6 Å². The van der Waals surface area contributed by atoms with E-state index in [1.54, 1.807) is 23.5 Å². The fourth-order valence-electron chi connectivity index (χ4n) is 5.18. The van der Waals surface area contributed by atoms with Crippen molar-refractivity contribution in [3.05, 3.63) is 87.8 Å². The Balaban J connectivity index is 1.27. The van der Waals surface area contributed by atoms with Gasteiger partial charge in [0.1, 0.15) is 5.00 Å². The Kier molecular flexibility index (Phi) is 5.79. The first-order valence-electron chi connectivity index (χ1n) is 12.3. The summed E-state index contributed by atoms with van der Waals surface area (Å²) in [5.41, 5.74) is 8.93. The lowest BCUT2D eigenvalue weighted by Crippen LogP contribution is -2.38. The van der Waals surface area contributed by atoms with Crippen LogP contribution in [0.3, 0.4) is 0 Å². The highest BCUT2D eigenvalue weighted by atomic mass is 32.2. The fraction of sp³-hybridized carbons (Fsp3) is 0.296. The first-order valence-corrected chi connectivity index (χ1v) is 15.1. The van der Waals surface area contributed by atoms with Crippen molar-refractivity contribution in [1.82, 2.24) is 20.2 Å². The number of nitrogens with one attached hydrogen (secondary N) is 1. The fourth-order valence-corrected chi connectivity index (χ4v) is 8.60. The van der Waals surface area contributed by atoms with Gasteiger partial charge in [0.25, 0.3) is 0 Å². The topological polar surface area (TPSA) is 58.3 Å². The smallest absolute Gasteiger partial charge is 0.241 e. The zero-order chi connectivity index (χ0) is 24.1. The van der Waals surface area contributed by atoms with E-state index in [0.29, 0.717) is 0 Å². The van der Waals surface area contributed by atoms with Gasteiger partial charge in [-0.25, -0.2) is 4.57 Å². The van der Waals surface area contributed by atoms with Gasteiger partial charge in [-0.05, 0) is 41.9 Å². The monoisotopic (exact) mass is 530 g/mol. The maximum atomic E-state index is 4.81. The number of hydrogen-bond donors (Lipinski definition) is 1. The summed E-state index contributed by atoms with van der Waals surface area (Å²) in [6.45, 7) is 2.37. The Labute approximate surface area is 223 Å². The number of fused-ring (bicyclic) bond motifs is 8. The summed E-state index contributed by atoms with van der Waals surface area (Å²) in [5, 5.41) is 17.4. The first-order chi connectivity index (χ1) is 17.8. The zero-order valence-electron chi connectivity index (χ0n) is 19.9. The Morgan fingerprint density at radius 2 is 1.69 bits per heavy atom. The van der Waals surface area contributed by atoms with E-state index in [1.807, 2.05) is 11.3 Å². The number of thiophene rings is 1. The van der Waals surface area contributed by atoms with Crippen LogP contribution in [0.15, 0.2) is 70.9 Å². The Morgan fingerprint density at radius 1 is 0.972 bits per heavy atom. The summed E-state index contributed by atoms with van der Waals surface area (Å²) in [7, 11) is 0. The zero-order valence-corrected chi connectivity index (χ0v) is 22.4. The molecule has 9 heteroatoms. The van der Waals surface area contributed by atoms with Crippen molar-refractivity contribution in [1.29, 1.82) is 0 Å². The lowest BCUT2D eigenvalue weighted by atomic mass is 9.87. The molecule has 1 N–H and O–H groups in total. The molecule has 4 heterocycles. The van der Waals surface area contributed by atoms with Crippen molar-refractivity contribution in [2.24, 2.45) is 11.0 Å². The van der Waals surface area contributed by atoms with Crippen LogP contribution in [0.5, 0.6) is 0 Å². The van der Waals surface area contributed by atoms with E-state index in [2.05, 4.69) is 82.5 Å². The van der Waals surface area contributed by atoms with Gasteiger partial charge in [0.05, 0.1) is 0 Å². The molecule has 1 unspecified atom stereocenters. The quantitative estimate of drug-likeness (QED) is 0.303. The Hall–Kier alpha value is -2.75. The predicted molar refractivity (Wildman–Crippen MR) is 150 cm³/mol. The molecule has 0 spiro atoms. The summed E-state index contributed by atoms with van der Waals surface area (Å²) in [6, 6.07) is 21.2. The molecule has 0 bridgehead atoms. The molecule has 0 amide bonds. The largest absolute Gasteiger partial charge is 0.280 e. The molecule has 0 saturated heterocycles. The van der Waals surface area contributed by atoms with E-state index in [0.717, 1.165) is 46.5 Å². The van der Waals surface area contributed by atoms with Crippen LogP contribution in [-0.2, 0) is 24.3 Å². The number of thioether (sulfide) groups is 2. The molecule has 36 heavy (non-hydrogen) atoms. The molecule has 0 fully saturated rings. The van der Waals surface area contributed by atoms with Crippen LogP contribution < -0.4 is 10.3 Å². The summed E-state index contributed by atoms with van der Waals surface area (Å²) < 4.78 is 2.29. The highest BCUT2D eigenvalue weighted by molar-refractivity contribution is 8.13. The van der Waals surface area contributed by atoms with Gasteiger partial charge in [0.2, 0.25) is 5.95 Å². The average molecular weight is 531 g/mol. The molecule has 2 aliphatic heterocycles. The number of rotatable bonds is 5. The van der Waals surface area contributed by atoms with Crippen LogP contribution in [0, 0.1) is 5.92 Å². The van der Waals surface area contributed by atoms with Crippen molar-refractivity contribution in [2.45, 2.75) is 49.0 Å². The van der Waals surface area contributed by atoms with Crippen LogP contribution in [0.4, 0.5) is 5.95 Å². The van der Waals surface area contributed by atoms with Crippen molar-refractivity contribution in [3.8, 4) is 5.00 Å². The van der Waals surface area contributed by atoms with E-state index in [1.165, 1.54) is 38.6 Å². The molecule has 0 saturated carbocycles. The number of hydrazone groups is 1. The molecule has 2 atom stereocenters. The predicted octanol–water partition coefficient (Wildman–Crippen LogP) is 6.37. The van der Waals surface area contributed by atoms with E-state index in [-0.39, 0.29) is 6.17 Å². The van der Waals surface area contributed by atoms with Gasteiger partial charge in [0, 0.05) is 21.9 Å². The third-order valence-electron chi connectivity index (χ3n) is 7.01. The number of aromatic nitrogens is 3. The molecular weight excluding hydrogens is 505 g/mol. The Bertz CT molecular complexity index is 1430. The SMILES string of the molecule is C[C@H]1CCc2c(sc3c2C2NN=C(SCc4ccccc4)N2c2nnc(SCc4ccccc4)n2-3)C1. The van der Waals surface area contributed by atoms with Gasteiger partial charge in [0.15, 0.2) is 16.5 Å². The number of benzene rings is 2.